The van der Waals surface area contributed by atoms with Gasteiger partial charge in [-0.3, -0.25) is 24.8 Å². The SMILES string of the molecule is CC(C)C(=O)Nc1cncc(-c2cc3c(-c4nc5c(N6CCN(C)CC6)cncc5[nH]4)n[nH]c3cn2)c1. The lowest BCUT2D eigenvalue weighted by atomic mass is 10.1. The Balaban J connectivity index is 1.36. The molecule has 0 radical (unpaired) electrons. The van der Waals surface area contributed by atoms with Gasteiger partial charge in [-0.1, -0.05) is 13.8 Å². The molecule has 3 N–H and O–H groups in total. The van der Waals surface area contributed by atoms with E-state index in [1.54, 1.807) is 24.8 Å². The van der Waals surface area contributed by atoms with Gasteiger partial charge in [0.25, 0.3) is 0 Å². The highest BCUT2D eigenvalue weighted by molar-refractivity contribution is 5.97. The van der Waals surface area contributed by atoms with Crippen LogP contribution in [0.4, 0.5) is 11.4 Å². The smallest absolute Gasteiger partial charge is 0.226 e. The number of hydrogen-bond donors (Lipinski definition) is 3. The number of aromatic amines is 2. The number of pyridine rings is 3. The van der Waals surface area contributed by atoms with Gasteiger partial charge >= 0.3 is 0 Å². The molecule has 11 nitrogen and oxygen atoms in total. The van der Waals surface area contributed by atoms with E-state index in [1.807, 2.05) is 32.2 Å². The topological polar surface area (TPSA) is 132 Å². The standard InChI is InChI=1S/C26H28N10O/c1-15(2)26(37)30-17-8-16(10-27-11-17)19-9-18-20(13-29-19)33-34-23(18)25-31-21-12-28-14-22(24(21)32-25)36-6-4-35(3)5-7-36/h8-15H,4-7H2,1-3H3,(H,30,37)(H,31,32)(H,33,34). The lowest BCUT2D eigenvalue weighted by Gasteiger charge is -2.33. The second-order valence-electron chi connectivity index (χ2n) is 9.72. The first-order chi connectivity index (χ1) is 18.0. The molecule has 0 bridgehead atoms. The minimum absolute atomic E-state index is 0.0604. The van der Waals surface area contributed by atoms with E-state index >= 15 is 0 Å². The van der Waals surface area contributed by atoms with Crippen molar-refractivity contribution in [2.45, 2.75) is 13.8 Å². The number of fused-ring (bicyclic) bond motifs is 2. The molecule has 0 saturated carbocycles. The number of nitrogens with zero attached hydrogens (tertiary/aromatic N) is 7. The summed E-state index contributed by atoms with van der Waals surface area (Å²) >= 11 is 0. The van der Waals surface area contributed by atoms with Gasteiger partial charge in [-0.05, 0) is 19.2 Å². The van der Waals surface area contributed by atoms with Crippen molar-refractivity contribution < 1.29 is 4.79 Å². The number of amides is 1. The normalized spacial score (nSPS) is 14.6. The molecule has 1 aliphatic rings. The molecule has 11 heteroatoms. The fourth-order valence-electron chi connectivity index (χ4n) is 4.50. The molecule has 6 rings (SSSR count). The number of likely N-dealkylation sites (N-methyl/N-ethyl adjacent to an activating group) is 1. The largest absolute Gasteiger partial charge is 0.366 e. The highest BCUT2D eigenvalue weighted by Crippen LogP contribution is 2.32. The third-order valence-electron chi connectivity index (χ3n) is 6.72. The fourth-order valence-corrected chi connectivity index (χ4v) is 4.50. The second kappa shape index (κ2) is 9.25. The molecule has 0 aromatic carbocycles. The number of carbonyl (C=O) groups is 1. The summed E-state index contributed by atoms with van der Waals surface area (Å²) in [5, 5.41) is 11.4. The lowest BCUT2D eigenvalue weighted by Crippen LogP contribution is -2.44. The van der Waals surface area contributed by atoms with E-state index in [2.05, 4.69) is 52.3 Å². The van der Waals surface area contributed by atoms with Crippen molar-refractivity contribution in [3.05, 3.63) is 43.1 Å². The van der Waals surface area contributed by atoms with Crippen LogP contribution in [0.1, 0.15) is 13.8 Å². The summed E-state index contributed by atoms with van der Waals surface area (Å²) in [4.78, 5) is 38.5. The summed E-state index contributed by atoms with van der Waals surface area (Å²) in [7, 11) is 2.14. The molecule has 1 saturated heterocycles. The molecule has 5 aromatic heterocycles. The molecule has 1 amide bonds. The van der Waals surface area contributed by atoms with Crippen LogP contribution in [0.15, 0.2) is 43.1 Å². The van der Waals surface area contributed by atoms with Crippen molar-refractivity contribution in [3.63, 3.8) is 0 Å². The zero-order valence-electron chi connectivity index (χ0n) is 21.0. The van der Waals surface area contributed by atoms with Crippen molar-refractivity contribution >= 4 is 39.2 Å². The Bertz CT molecular complexity index is 1600. The van der Waals surface area contributed by atoms with Gasteiger partial charge in [-0.25, -0.2) is 4.98 Å². The monoisotopic (exact) mass is 496 g/mol. The van der Waals surface area contributed by atoms with E-state index in [0.29, 0.717) is 17.2 Å². The van der Waals surface area contributed by atoms with Gasteiger partial charge in [0.15, 0.2) is 5.82 Å². The van der Waals surface area contributed by atoms with Gasteiger partial charge in [0.05, 0.1) is 52.9 Å². The van der Waals surface area contributed by atoms with Gasteiger partial charge < -0.3 is 20.1 Å². The van der Waals surface area contributed by atoms with Crippen molar-refractivity contribution in [2.75, 3.05) is 43.4 Å². The predicted octanol–water partition coefficient (Wildman–Crippen LogP) is 3.30. The van der Waals surface area contributed by atoms with E-state index in [1.165, 1.54) is 0 Å². The Morgan fingerprint density at radius 3 is 2.62 bits per heavy atom. The molecular weight excluding hydrogens is 468 g/mol. The first kappa shape index (κ1) is 23.0. The number of imidazole rings is 1. The molecule has 0 atom stereocenters. The number of carbonyl (C=O) groups excluding carboxylic acids is 1. The molecular formula is C26H28N10O. The van der Waals surface area contributed by atoms with E-state index in [-0.39, 0.29) is 11.8 Å². The average Bonchev–Trinajstić information content (AvgIpc) is 3.53. The Hall–Kier alpha value is -4.38. The summed E-state index contributed by atoms with van der Waals surface area (Å²) in [6, 6.07) is 3.84. The number of rotatable bonds is 5. The van der Waals surface area contributed by atoms with Crippen LogP contribution < -0.4 is 10.2 Å². The number of hydrogen-bond acceptors (Lipinski definition) is 8. The second-order valence-corrected chi connectivity index (χ2v) is 9.72. The Morgan fingerprint density at radius 1 is 1.00 bits per heavy atom. The highest BCUT2D eigenvalue weighted by Gasteiger charge is 2.21. The van der Waals surface area contributed by atoms with Crippen LogP contribution in [-0.2, 0) is 4.79 Å². The number of anilines is 2. The molecule has 0 unspecified atom stereocenters. The van der Waals surface area contributed by atoms with Crippen LogP contribution in [-0.4, -0.2) is 79.2 Å². The molecule has 37 heavy (non-hydrogen) atoms. The summed E-state index contributed by atoms with van der Waals surface area (Å²) in [5.74, 6) is 0.482. The molecule has 1 fully saturated rings. The maximum Gasteiger partial charge on any atom is 0.226 e. The van der Waals surface area contributed by atoms with E-state index < -0.39 is 0 Å². The maximum atomic E-state index is 12.1. The van der Waals surface area contributed by atoms with Gasteiger partial charge in [0.1, 0.15) is 11.2 Å². The minimum Gasteiger partial charge on any atom is -0.366 e. The number of nitrogens with one attached hydrogen (secondary N) is 3. The molecule has 0 aliphatic carbocycles. The van der Waals surface area contributed by atoms with Gasteiger partial charge in [0.2, 0.25) is 5.91 Å². The van der Waals surface area contributed by atoms with Gasteiger partial charge in [0, 0.05) is 49.2 Å². The minimum atomic E-state index is -0.123. The summed E-state index contributed by atoms with van der Waals surface area (Å²) in [5.41, 5.74) is 6.44. The van der Waals surface area contributed by atoms with Gasteiger partial charge in [-0.15, -0.1) is 0 Å². The van der Waals surface area contributed by atoms with Crippen molar-refractivity contribution in [1.82, 2.24) is 40.0 Å². The maximum absolute atomic E-state index is 12.1. The number of piperazine rings is 1. The zero-order chi connectivity index (χ0) is 25.5. The van der Waals surface area contributed by atoms with E-state index in [9.17, 15) is 4.79 Å². The Labute approximate surface area is 213 Å². The van der Waals surface area contributed by atoms with E-state index in [0.717, 1.165) is 65.1 Å². The van der Waals surface area contributed by atoms with Crippen molar-refractivity contribution in [3.8, 4) is 22.8 Å². The molecule has 188 valence electrons. The van der Waals surface area contributed by atoms with Gasteiger partial charge in [-0.2, -0.15) is 5.10 Å². The Kier molecular flexibility index (Phi) is 5.76. The molecule has 1 aliphatic heterocycles. The van der Waals surface area contributed by atoms with E-state index in [4.69, 9.17) is 4.98 Å². The molecule has 5 aromatic rings. The van der Waals surface area contributed by atoms with Crippen LogP contribution in [0.5, 0.6) is 0 Å². The molecule has 0 spiro atoms. The summed E-state index contributed by atoms with van der Waals surface area (Å²) in [6.07, 6.45) is 8.80. The van der Waals surface area contributed by atoms with Crippen LogP contribution in [0.25, 0.3) is 44.7 Å². The Morgan fingerprint density at radius 2 is 1.81 bits per heavy atom. The average molecular weight is 497 g/mol. The van der Waals surface area contributed by atoms with Crippen LogP contribution in [0.2, 0.25) is 0 Å². The molecule has 6 heterocycles. The highest BCUT2D eigenvalue weighted by atomic mass is 16.1. The summed E-state index contributed by atoms with van der Waals surface area (Å²) < 4.78 is 0. The summed E-state index contributed by atoms with van der Waals surface area (Å²) in [6.45, 7) is 7.58. The van der Waals surface area contributed by atoms with Crippen LogP contribution in [0, 0.1) is 5.92 Å². The predicted molar refractivity (Wildman–Crippen MR) is 143 cm³/mol. The van der Waals surface area contributed by atoms with Crippen molar-refractivity contribution in [1.29, 1.82) is 0 Å². The first-order valence-electron chi connectivity index (χ1n) is 12.3. The fraction of sp³-hybridized carbons (Fsp3) is 0.308. The number of H-pyrrole nitrogens is 2. The van der Waals surface area contributed by atoms with Crippen LogP contribution >= 0.6 is 0 Å². The third-order valence-corrected chi connectivity index (χ3v) is 6.72. The van der Waals surface area contributed by atoms with Crippen LogP contribution in [0.3, 0.4) is 0 Å². The zero-order valence-corrected chi connectivity index (χ0v) is 21.0. The third kappa shape index (κ3) is 4.38. The quantitative estimate of drug-likeness (QED) is 0.338. The number of aromatic nitrogens is 7. The first-order valence-corrected chi connectivity index (χ1v) is 12.3. The lowest BCUT2D eigenvalue weighted by molar-refractivity contribution is -0.118. The van der Waals surface area contributed by atoms with Crippen molar-refractivity contribution in [2.24, 2.45) is 5.92 Å².